The maximum atomic E-state index is 5.41. The van der Waals surface area contributed by atoms with E-state index in [0.29, 0.717) is 5.82 Å². The van der Waals surface area contributed by atoms with Gasteiger partial charge in [-0.3, -0.25) is 9.97 Å². The Labute approximate surface area is 298 Å². The summed E-state index contributed by atoms with van der Waals surface area (Å²) >= 11 is 1.75. The number of fused-ring (bicyclic) bond motifs is 5. The summed E-state index contributed by atoms with van der Waals surface area (Å²) in [5.74, 6) is 0.678. The molecule has 4 aromatic heterocycles. The molecule has 51 heavy (non-hydrogen) atoms. The summed E-state index contributed by atoms with van der Waals surface area (Å²) in [4.78, 5) is 20.4. The summed E-state index contributed by atoms with van der Waals surface area (Å²) < 4.78 is 2.28. The summed E-state index contributed by atoms with van der Waals surface area (Å²) in [6.45, 7) is 0. The number of thiophene rings is 1. The second-order valence-corrected chi connectivity index (χ2v) is 13.8. The third kappa shape index (κ3) is 5.32. The van der Waals surface area contributed by atoms with Crippen molar-refractivity contribution < 1.29 is 0 Å². The molecule has 10 aromatic rings. The zero-order valence-corrected chi connectivity index (χ0v) is 28.2. The van der Waals surface area contributed by atoms with Crippen LogP contribution in [0.5, 0.6) is 0 Å². The van der Waals surface area contributed by atoms with Crippen LogP contribution >= 0.6 is 11.3 Å². The van der Waals surface area contributed by atoms with E-state index in [2.05, 4.69) is 133 Å². The van der Waals surface area contributed by atoms with Crippen molar-refractivity contribution in [2.24, 2.45) is 0 Å². The second-order valence-electron chi connectivity index (χ2n) is 12.8. The van der Waals surface area contributed by atoms with E-state index in [-0.39, 0.29) is 0 Å². The number of nitrogens with zero attached hydrogens (tertiary/aromatic N) is 4. The highest BCUT2D eigenvalue weighted by Crippen LogP contribution is 2.41. The molecule has 0 aliphatic carbocycles. The molecule has 0 aliphatic rings. The van der Waals surface area contributed by atoms with Crippen molar-refractivity contribution in [1.29, 1.82) is 0 Å². The van der Waals surface area contributed by atoms with Crippen LogP contribution in [0, 0.1) is 0 Å². The van der Waals surface area contributed by atoms with Crippen LogP contribution in [-0.2, 0) is 0 Å². The standard InChI is InChI=1S/C46H28N4S/c1-2-11-29(12-3-1)30-15-10-16-33(21-30)43-45-44(39-17-6-9-20-42(39)51-45)50-46(49-43)36-25-34(37-22-31-13-4-7-18-40(31)47-27-37)24-35(26-36)38-23-32-14-5-8-19-41(32)48-28-38/h1-28H. The molecule has 0 bridgehead atoms. The van der Waals surface area contributed by atoms with E-state index in [4.69, 9.17) is 19.9 Å². The molecule has 0 fully saturated rings. The van der Waals surface area contributed by atoms with Crippen molar-refractivity contribution in [3.05, 3.63) is 170 Å². The van der Waals surface area contributed by atoms with Gasteiger partial charge in [0, 0.05) is 55.5 Å². The van der Waals surface area contributed by atoms with E-state index in [1.165, 1.54) is 10.3 Å². The van der Waals surface area contributed by atoms with Crippen molar-refractivity contribution in [3.8, 4) is 56.0 Å². The Kier molecular flexibility index (Phi) is 6.96. The molecule has 6 aromatic carbocycles. The van der Waals surface area contributed by atoms with Crippen LogP contribution in [0.3, 0.4) is 0 Å². The molecular formula is C46H28N4S. The Morgan fingerprint density at radius 3 is 1.69 bits per heavy atom. The summed E-state index contributed by atoms with van der Waals surface area (Å²) in [5, 5.41) is 3.32. The average molecular weight is 669 g/mol. The van der Waals surface area contributed by atoms with E-state index in [1.807, 2.05) is 36.7 Å². The lowest BCUT2D eigenvalue weighted by Gasteiger charge is -2.13. The number of benzene rings is 6. The highest BCUT2D eigenvalue weighted by Gasteiger charge is 2.18. The smallest absolute Gasteiger partial charge is 0.160 e. The van der Waals surface area contributed by atoms with Gasteiger partial charge in [-0.25, -0.2) is 9.97 Å². The first-order valence-electron chi connectivity index (χ1n) is 16.9. The molecule has 0 saturated carbocycles. The van der Waals surface area contributed by atoms with E-state index in [0.717, 1.165) is 82.0 Å². The topological polar surface area (TPSA) is 51.6 Å². The minimum Gasteiger partial charge on any atom is -0.256 e. The first kappa shape index (κ1) is 29.4. The van der Waals surface area contributed by atoms with Crippen LogP contribution in [0.1, 0.15) is 0 Å². The molecule has 238 valence electrons. The summed E-state index contributed by atoms with van der Waals surface area (Å²) in [6, 6.07) is 55.2. The van der Waals surface area contributed by atoms with Crippen LogP contribution in [0.4, 0.5) is 0 Å². The Morgan fingerprint density at radius 2 is 0.961 bits per heavy atom. The number of aromatic nitrogens is 4. The largest absolute Gasteiger partial charge is 0.256 e. The van der Waals surface area contributed by atoms with Crippen LogP contribution in [0.2, 0.25) is 0 Å². The molecule has 0 N–H and O–H groups in total. The third-order valence-electron chi connectivity index (χ3n) is 9.50. The minimum atomic E-state index is 0.678. The molecule has 4 heterocycles. The quantitative estimate of drug-likeness (QED) is 0.183. The molecule has 0 saturated heterocycles. The van der Waals surface area contributed by atoms with Crippen molar-refractivity contribution in [1.82, 2.24) is 19.9 Å². The molecule has 0 spiro atoms. The predicted molar refractivity (Wildman–Crippen MR) is 213 cm³/mol. The predicted octanol–water partition coefficient (Wildman–Crippen LogP) is 12.3. The SMILES string of the molecule is c1ccc(-c2cccc(-c3nc(-c4cc(-c5cnc6ccccc6c5)cc(-c5cnc6ccccc6c5)c4)nc4c3sc3ccccc34)c2)cc1. The fourth-order valence-corrected chi connectivity index (χ4v) is 8.09. The molecule has 0 aliphatic heterocycles. The molecule has 0 atom stereocenters. The van der Waals surface area contributed by atoms with Gasteiger partial charge >= 0.3 is 0 Å². The van der Waals surface area contributed by atoms with Gasteiger partial charge in [0.2, 0.25) is 0 Å². The van der Waals surface area contributed by atoms with Gasteiger partial charge in [0.15, 0.2) is 5.82 Å². The number of rotatable bonds is 5. The van der Waals surface area contributed by atoms with Crippen LogP contribution < -0.4 is 0 Å². The molecule has 0 unspecified atom stereocenters. The molecule has 5 heteroatoms. The van der Waals surface area contributed by atoms with Gasteiger partial charge in [-0.05, 0) is 76.9 Å². The fourth-order valence-electron chi connectivity index (χ4n) is 6.94. The maximum absolute atomic E-state index is 5.41. The van der Waals surface area contributed by atoms with Gasteiger partial charge < -0.3 is 0 Å². The maximum Gasteiger partial charge on any atom is 0.160 e. The summed E-state index contributed by atoms with van der Waals surface area (Å²) in [5.41, 5.74) is 12.3. The first-order chi connectivity index (χ1) is 25.2. The zero-order valence-electron chi connectivity index (χ0n) is 27.4. The fraction of sp³-hybridized carbons (Fsp3) is 0. The lowest BCUT2D eigenvalue weighted by molar-refractivity contribution is 1.24. The molecular weight excluding hydrogens is 641 g/mol. The van der Waals surface area contributed by atoms with Gasteiger partial charge in [0.1, 0.15) is 0 Å². The minimum absolute atomic E-state index is 0.678. The number of para-hydroxylation sites is 2. The highest BCUT2D eigenvalue weighted by molar-refractivity contribution is 7.26. The number of hydrogen-bond acceptors (Lipinski definition) is 5. The van der Waals surface area contributed by atoms with E-state index in [9.17, 15) is 0 Å². The van der Waals surface area contributed by atoms with Crippen molar-refractivity contribution in [2.75, 3.05) is 0 Å². The number of hydrogen-bond donors (Lipinski definition) is 0. The van der Waals surface area contributed by atoms with Gasteiger partial charge in [0.05, 0.1) is 26.9 Å². The lowest BCUT2D eigenvalue weighted by Crippen LogP contribution is -1.95. The van der Waals surface area contributed by atoms with Gasteiger partial charge in [-0.2, -0.15) is 0 Å². The molecule has 4 nitrogen and oxygen atoms in total. The van der Waals surface area contributed by atoms with E-state index >= 15 is 0 Å². The Bertz CT molecular complexity index is 2830. The third-order valence-corrected chi connectivity index (χ3v) is 10.7. The molecule has 0 amide bonds. The second kappa shape index (κ2) is 12.1. The lowest BCUT2D eigenvalue weighted by atomic mass is 9.95. The van der Waals surface area contributed by atoms with Crippen molar-refractivity contribution in [3.63, 3.8) is 0 Å². The Balaban J connectivity index is 1.22. The van der Waals surface area contributed by atoms with Crippen LogP contribution in [0.15, 0.2) is 170 Å². The van der Waals surface area contributed by atoms with Crippen molar-refractivity contribution in [2.45, 2.75) is 0 Å². The first-order valence-corrected chi connectivity index (χ1v) is 17.8. The van der Waals surface area contributed by atoms with Gasteiger partial charge in [-0.1, -0.05) is 103 Å². The summed E-state index contributed by atoms with van der Waals surface area (Å²) in [6.07, 6.45) is 3.92. The van der Waals surface area contributed by atoms with E-state index < -0.39 is 0 Å². The van der Waals surface area contributed by atoms with E-state index in [1.54, 1.807) is 11.3 Å². The van der Waals surface area contributed by atoms with Gasteiger partial charge in [0.25, 0.3) is 0 Å². The van der Waals surface area contributed by atoms with Crippen LogP contribution in [0.25, 0.3) is 98.1 Å². The van der Waals surface area contributed by atoms with Crippen molar-refractivity contribution >= 4 is 53.4 Å². The summed E-state index contributed by atoms with van der Waals surface area (Å²) in [7, 11) is 0. The highest BCUT2D eigenvalue weighted by atomic mass is 32.1. The Hall–Kier alpha value is -6.56. The zero-order chi connectivity index (χ0) is 33.7. The van der Waals surface area contributed by atoms with Gasteiger partial charge in [-0.15, -0.1) is 11.3 Å². The normalized spacial score (nSPS) is 11.5. The average Bonchev–Trinajstić information content (AvgIpc) is 3.59. The molecule has 10 rings (SSSR count). The molecule has 0 radical (unpaired) electrons. The number of pyridine rings is 2. The van der Waals surface area contributed by atoms with Crippen LogP contribution in [-0.4, -0.2) is 19.9 Å². The monoisotopic (exact) mass is 668 g/mol. The Morgan fingerprint density at radius 1 is 0.392 bits per heavy atom.